The molecule has 23 heavy (non-hydrogen) atoms. The summed E-state index contributed by atoms with van der Waals surface area (Å²) in [5.41, 5.74) is 1.90. The van der Waals surface area contributed by atoms with Crippen molar-refractivity contribution in [2.45, 2.75) is 50.7 Å². The monoisotopic (exact) mass is 311 g/mol. The molecule has 0 aromatic heterocycles. The third kappa shape index (κ3) is 3.70. The van der Waals surface area contributed by atoms with Gasteiger partial charge >= 0.3 is 0 Å². The molecule has 2 aliphatic rings. The number of benzene rings is 1. The van der Waals surface area contributed by atoms with Crippen LogP contribution in [0.25, 0.3) is 0 Å². The molecule has 2 aliphatic heterocycles. The molecule has 1 N–H and O–H groups in total. The minimum atomic E-state index is -0.392. The molecule has 3 rings (SSSR count). The summed E-state index contributed by atoms with van der Waals surface area (Å²) in [6, 6.07) is 6.13. The van der Waals surface area contributed by atoms with Gasteiger partial charge in [0.15, 0.2) is 5.66 Å². The molecular weight excluding hydrogens is 290 g/mol. The van der Waals surface area contributed by atoms with Crippen molar-refractivity contribution < 1.29 is 9.53 Å². The number of ether oxygens (including phenoxy) is 1. The number of amides is 1. The molecule has 5 nitrogen and oxygen atoms in total. The molecule has 0 bridgehead atoms. The Morgan fingerprint density at radius 2 is 2.30 bits per heavy atom. The second kappa shape index (κ2) is 6.41. The summed E-state index contributed by atoms with van der Waals surface area (Å²) >= 11 is 0. The van der Waals surface area contributed by atoms with Crippen LogP contribution in [-0.4, -0.2) is 24.2 Å². The Bertz CT molecular complexity index is 669. The number of nitrogens with one attached hydrogen (secondary N) is 1. The van der Waals surface area contributed by atoms with Crippen molar-refractivity contribution in [3.8, 4) is 18.1 Å². The average Bonchev–Trinajstić information content (AvgIpc) is 3.32. The van der Waals surface area contributed by atoms with Gasteiger partial charge in [0.25, 0.3) is 0 Å². The van der Waals surface area contributed by atoms with Gasteiger partial charge in [-0.2, -0.15) is 10.2 Å². The molecule has 0 fully saturated rings. The Hall–Kier alpha value is -2.35. The Morgan fingerprint density at radius 1 is 1.48 bits per heavy atom. The van der Waals surface area contributed by atoms with Crippen LogP contribution in [0.3, 0.4) is 0 Å². The summed E-state index contributed by atoms with van der Waals surface area (Å²) in [4.78, 5) is 12.1. The highest BCUT2D eigenvalue weighted by Gasteiger charge is 2.39. The van der Waals surface area contributed by atoms with Crippen molar-refractivity contribution in [1.29, 1.82) is 0 Å². The van der Waals surface area contributed by atoms with Gasteiger partial charge in [-0.3, -0.25) is 4.79 Å². The van der Waals surface area contributed by atoms with Crippen LogP contribution in [-0.2, 0) is 11.2 Å². The maximum absolute atomic E-state index is 12.1. The van der Waals surface area contributed by atoms with Crippen molar-refractivity contribution in [2.24, 2.45) is 10.2 Å². The van der Waals surface area contributed by atoms with Crippen LogP contribution in [0.1, 0.15) is 36.8 Å². The molecule has 2 heterocycles. The van der Waals surface area contributed by atoms with E-state index in [2.05, 4.69) is 27.5 Å². The molecule has 0 aliphatic carbocycles. The number of fused-ring (bicyclic) bond motifs is 1. The number of terminal acetylenes is 1. The van der Waals surface area contributed by atoms with Crippen LogP contribution in [0.4, 0.5) is 0 Å². The van der Waals surface area contributed by atoms with Gasteiger partial charge in [-0.1, -0.05) is 18.2 Å². The van der Waals surface area contributed by atoms with Crippen molar-refractivity contribution in [3.05, 3.63) is 29.3 Å². The third-order valence-corrected chi connectivity index (χ3v) is 4.36. The summed E-state index contributed by atoms with van der Waals surface area (Å²) in [6.45, 7) is 2.55. The number of carbonyl (C=O) groups excluding carboxylic acids is 1. The van der Waals surface area contributed by atoms with E-state index in [4.69, 9.17) is 11.2 Å². The van der Waals surface area contributed by atoms with Gasteiger partial charge in [0.2, 0.25) is 5.91 Å². The van der Waals surface area contributed by atoms with Crippen LogP contribution in [0, 0.1) is 19.3 Å². The van der Waals surface area contributed by atoms with E-state index in [1.165, 1.54) is 0 Å². The summed E-state index contributed by atoms with van der Waals surface area (Å²) in [7, 11) is 0. The summed E-state index contributed by atoms with van der Waals surface area (Å²) in [5.74, 6) is 3.57. The maximum Gasteiger partial charge on any atom is 0.220 e. The standard InChI is InChI=1S/C18H21N3O2/c1-3-4-9-18(20-21-18)10-8-16(22)19-15-11-14-7-5-6-13(2)17(14)23-12-15/h1,5-7,15H,4,8-12H2,2H3,(H,19,22). The molecule has 1 unspecified atom stereocenters. The zero-order chi connectivity index (χ0) is 16.3. The zero-order valence-electron chi connectivity index (χ0n) is 13.3. The van der Waals surface area contributed by atoms with Crippen LogP contribution < -0.4 is 10.1 Å². The van der Waals surface area contributed by atoms with Gasteiger partial charge < -0.3 is 10.1 Å². The first-order valence-corrected chi connectivity index (χ1v) is 8.00. The van der Waals surface area contributed by atoms with Crippen molar-refractivity contribution >= 4 is 5.91 Å². The smallest absolute Gasteiger partial charge is 0.220 e. The first-order valence-electron chi connectivity index (χ1n) is 8.00. The minimum Gasteiger partial charge on any atom is -0.491 e. The number of rotatable bonds is 6. The number of para-hydroxylation sites is 1. The van der Waals surface area contributed by atoms with Gasteiger partial charge in [0.05, 0.1) is 6.04 Å². The van der Waals surface area contributed by atoms with Gasteiger partial charge in [0.1, 0.15) is 12.4 Å². The normalized spacial score (nSPS) is 20.1. The van der Waals surface area contributed by atoms with E-state index in [0.717, 1.165) is 29.7 Å². The van der Waals surface area contributed by atoms with E-state index in [1.54, 1.807) is 0 Å². The molecule has 5 heteroatoms. The highest BCUT2D eigenvalue weighted by atomic mass is 16.5. The maximum atomic E-state index is 12.1. The van der Waals surface area contributed by atoms with E-state index in [0.29, 0.717) is 25.9 Å². The Labute approximate surface area is 136 Å². The van der Waals surface area contributed by atoms with Crippen LogP contribution in [0.5, 0.6) is 5.75 Å². The van der Waals surface area contributed by atoms with Crippen LogP contribution in [0.2, 0.25) is 0 Å². The summed E-state index contributed by atoms with van der Waals surface area (Å²) < 4.78 is 5.80. The largest absolute Gasteiger partial charge is 0.491 e. The number of nitrogens with zero attached hydrogens (tertiary/aromatic N) is 2. The molecular formula is C18H21N3O2. The molecule has 120 valence electrons. The van der Waals surface area contributed by atoms with Crippen LogP contribution in [0.15, 0.2) is 28.4 Å². The Kier molecular flexibility index (Phi) is 4.33. The first kappa shape index (κ1) is 15.5. The predicted octanol–water partition coefficient (Wildman–Crippen LogP) is 2.77. The average molecular weight is 311 g/mol. The van der Waals surface area contributed by atoms with Gasteiger partial charge in [-0.05, 0) is 24.5 Å². The highest BCUT2D eigenvalue weighted by molar-refractivity contribution is 5.76. The van der Waals surface area contributed by atoms with E-state index in [-0.39, 0.29) is 11.9 Å². The SMILES string of the molecule is C#CCCC1(CCC(=O)NC2COc3c(C)cccc3C2)N=N1. The quantitative estimate of drug-likeness (QED) is 0.821. The summed E-state index contributed by atoms with van der Waals surface area (Å²) in [5, 5.41) is 11.2. The van der Waals surface area contributed by atoms with E-state index < -0.39 is 5.66 Å². The molecule has 1 aromatic rings. The molecule has 1 aromatic carbocycles. The number of carbonyl (C=O) groups is 1. The lowest BCUT2D eigenvalue weighted by atomic mass is 9.99. The zero-order valence-corrected chi connectivity index (χ0v) is 13.3. The number of hydrogen-bond donors (Lipinski definition) is 1. The van der Waals surface area contributed by atoms with E-state index in [9.17, 15) is 4.79 Å². The number of hydrogen-bond acceptors (Lipinski definition) is 4. The second-order valence-electron chi connectivity index (χ2n) is 6.23. The minimum absolute atomic E-state index is 0.0199. The predicted molar refractivity (Wildman–Crippen MR) is 87.2 cm³/mol. The molecule has 0 spiro atoms. The first-order chi connectivity index (χ1) is 11.1. The molecule has 0 saturated carbocycles. The Balaban J connectivity index is 1.47. The van der Waals surface area contributed by atoms with Crippen LogP contribution >= 0.6 is 0 Å². The van der Waals surface area contributed by atoms with Gasteiger partial charge in [-0.15, -0.1) is 12.3 Å². The molecule has 1 amide bonds. The molecule has 1 atom stereocenters. The fourth-order valence-corrected chi connectivity index (χ4v) is 2.96. The van der Waals surface area contributed by atoms with E-state index in [1.807, 2.05) is 19.1 Å². The van der Waals surface area contributed by atoms with Crippen molar-refractivity contribution in [1.82, 2.24) is 5.32 Å². The second-order valence-corrected chi connectivity index (χ2v) is 6.23. The third-order valence-electron chi connectivity index (χ3n) is 4.36. The number of aryl methyl sites for hydroxylation is 1. The lowest BCUT2D eigenvalue weighted by molar-refractivity contribution is -0.122. The fourth-order valence-electron chi connectivity index (χ4n) is 2.96. The summed E-state index contributed by atoms with van der Waals surface area (Å²) in [6.07, 6.45) is 8.48. The molecule has 0 saturated heterocycles. The van der Waals surface area contributed by atoms with E-state index >= 15 is 0 Å². The lowest BCUT2D eigenvalue weighted by Crippen LogP contribution is -2.43. The van der Waals surface area contributed by atoms with Gasteiger partial charge in [-0.25, -0.2) is 0 Å². The molecule has 0 radical (unpaired) electrons. The van der Waals surface area contributed by atoms with Crippen molar-refractivity contribution in [3.63, 3.8) is 0 Å². The van der Waals surface area contributed by atoms with Crippen molar-refractivity contribution in [2.75, 3.05) is 6.61 Å². The fraction of sp³-hybridized carbons (Fsp3) is 0.500. The topological polar surface area (TPSA) is 63.0 Å². The highest BCUT2D eigenvalue weighted by Crippen LogP contribution is 2.37. The lowest BCUT2D eigenvalue weighted by Gasteiger charge is -2.27. The van der Waals surface area contributed by atoms with Gasteiger partial charge in [0, 0.05) is 25.7 Å². The Morgan fingerprint density at radius 3 is 3.04 bits per heavy atom.